The number of aromatic nitrogens is 1. The Balaban J connectivity index is 1.77. The van der Waals surface area contributed by atoms with Crippen molar-refractivity contribution in [3.05, 3.63) is 28.1 Å². The topological polar surface area (TPSA) is 112 Å². The second-order valence-electron chi connectivity index (χ2n) is 4.92. The van der Waals surface area contributed by atoms with Crippen molar-refractivity contribution in [3.8, 4) is 0 Å². The summed E-state index contributed by atoms with van der Waals surface area (Å²) < 4.78 is 0. The molecule has 0 unspecified atom stereocenters. The molecular weight excluding hydrogens is 294 g/mol. The van der Waals surface area contributed by atoms with Crippen LogP contribution >= 0.6 is 12.2 Å². The maximum absolute atomic E-state index is 11.8. The minimum absolute atomic E-state index is 0.0923. The highest BCUT2D eigenvalue weighted by atomic mass is 32.1. The van der Waals surface area contributed by atoms with E-state index in [2.05, 4.69) is 21.2 Å². The minimum Gasteiger partial charge on any atom is -0.359 e. The van der Waals surface area contributed by atoms with Crippen LogP contribution in [0.2, 0.25) is 0 Å². The maximum atomic E-state index is 11.8. The number of thiocarbonyl (C=S) groups is 1. The molecule has 0 aliphatic heterocycles. The molecule has 1 fully saturated rings. The third-order valence-electron chi connectivity index (χ3n) is 3.35. The molecule has 1 amide bonds. The molecule has 21 heavy (non-hydrogen) atoms. The average Bonchev–Trinajstić information content (AvgIpc) is 2.96. The van der Waals surface area contributed by atoms with Crippen LogP contribution in [0.5, 0.6) is 0 Å². The van der Waals surface area contributed by atoms with Crippen LogP contribution in [0.4, 0.5) is 5.69 Å². The first-order chi connectivity index (χ1) is 10.1. The van der Waals surface area contributed by atoms with Crippen LogP contribution in [0, 0.1) is 10.1 Å². The van der Waals surface area contributed by atoms with E-state index in [4.69, 9.17) is 12.2 Å². The van der Waals surface area contributed by atoms with Crippen LogP contribution in [0.3, 0.4) is 0 Å². The number of nitrogens with zero attached hydrogens (tertiary/aromatic N) is 1. The maximum Gasteiger partial charge on any atom is 0.287 e. The lowest BCUT2D eigenvalue weighted by Gasteiger charge is -2.24. The third-order valence-corrected chi connectivity index (χ3v) is 3.57. The average molecular weight is 311 g/mol. The van der Waals surface area contributed by atoms with Crippen LogP contribution < -0.4 is 16.2 Å². The van der Waals surface area contributed by atoms with Gasteiger partial charge < -0.3 is 10.3 Å². The van der Waals surface area contributed by atoms with Crippen LogP contribution in [-0.2, 0) is 0 Å². The monoisotopic (exact) mass is 311 g/mol. The Kier molecular flexibility index (Phi) is 5.09. The number of H-pyrrole nitrogens is 1. The summed E-state index contributed by atoms with van der Waals surface area (Å²) in [5.74, 6) is -0.518. The molecule has 0 bridgehead atoms. The van der Waals surface area contributed by atoms with Gasteiger partial charge in [0.15, 0.2) is 5.11 Å². The zero-order valence-corrected chi connectivity index (χ0v) is 12.2. The number of hydrazine groups is 1. The molecular formula is C12H17N5O3S. The lowest BCUT2D eigenvalue weighted by atomic mass is 9.96. The Morgan fingerprint density at radius 2 is 2.05 bits per heavy atom. The normalized spacial score (nSPS) is 15.2. The van der Waals surface area contributed by atoms with E-state index in [-0.39, 0.29) is 11.4 Å². The molecule has 0 aromatic carbocycles. The smallest absolute Gasteiger partial charge is 0.287 e. The Morgan fingerprint density at radius 3 is 2.67 bits per heavy atom. The lowest BCUT2D eigenvalue weighted by Crippen LogP contribution is -2.50. The Morgan fingerprint density at radius 1 is 1.33 bits per heavy atom. The molecule has 2 rings (SSSR count). The summed E-state index contributed by atoms with van der Waals surface area (Å²) in [6.45, 7) is 0. The van der Waals surface area contributed by atoms with Gasteiger partial charge in [-0.1, -0.05) is 19.3 Å². The highest BCUT2D eigenvalue weighted by Crippen LogP contribution is 2.17. The van der Waals surface area contributed by atoms with Crippen LogP contribution in [0.15, 0.2) is 12.3 Å². The van der Waals surface area contributed by atoms with Gasteiger partial charge >= 0.3 is 0 Å². The van der Waals surface area contributed by atoms with E-state index in [0.29, 0.717) is 11.2 Å². The van der Waals surface area contributed by atoms with Crippen molar-refractivity contribution < 1.29 is 9.72 Å². The highest BCUT2D eigenvalue weighted by molar-refractivity contribution is 7.80. The molecule has 8 nitrogen and oxygen atoms in total. The number of carbonyl (C=O) groups is 1. The molecule has 1 aromatic heterocycles. The first kappa shape index (κ1) is 15.2. The molecule has 1 heterocycles. The number of carbonyl (C=O) groups excluding carboxylic acids is 1. The van der Waals surface area contributed by atoms with Crippen molar-refractivity contribution in [2.45, 2.75) is 38.1 Å². The molecule has 1 aromatic rings. The van der Waals surface area contributed by atoms with Crippen LogP contribution in [0.25, 0.3) is 0 Å². The van der Waals surface area contributed by atoms with Crippen LogP contribution in [0.1, 0.15) is 42.6 Å². The summed E-state index contributed by atoms with van der Waals surface area (Å²) in [5.41, 5.74) is 4.92. The van der Waals surface area contributed by atoms with Gasteiger partial charge in [0.05, 0.1) is 11.1 Å². The minimum atomic E-state index is -0.573. The number of rotatable bonds is 3. The number of hydrogen-bond donors (Lipinski definition) is 4. The first-order valence-corrected chi connectivity index (χ1v) is 7.17. The first-order valence-electron chi connectivity index (χ1n) is 6.76. The zero-order chi connectivity index (χ0) is 15.2. The Hall–Kier alpha value is -2.16. The van der Waals surface area contributed by atoms with Crippen molar-refractivity contribution in [2.24, 2.45) is 0 Å². The fraction of sp³-hybridized carbons (Fsp3) is 0.500. The van der Waals surface area contributed by atoms with Gasteiger partial charge in [-0.15, -0.1) is 0 Å². The van der Waals surface area contributed by atoms with E-state index in [9.17, 15) is 14.9 Å². The van der Waals surface area contributed by atoms with Gasteiger partial charge in [0, 0.05) is 12.1 Å². The molecule has 0 saturated heterocycles. The molecule has 1 aliphatic carbocycles. The third kappa shape index (κ3) is 4.42. The highest BCUT2D eigenvalue weighted by Gasteiger charge is 2.16. The molecule has 0 spiro atoms. The van der Waals surface area contributed by atoms with Crippen molar-refractivity contribution >= 4 is 28.9 Å². The predicted octanol–water partition coefficient (Wildman–Crippen LogP) is 1.36. The fourth-order valence-electron chi connectivity index (χ4n) is 2.27. The van der Waals surface area contributed by atoms with Crippen molar-refractivity contribution in [1.29, 1.82) is 0 Å². The largest absolute Gasteiger partial charge is 0.359 e. The summed E-state index contributed by atoms with van der Waals surface area (Å²) in [6, 6.07) is 1.50. The van der Waals surface area contributed by atoms with Gasteiger partial charge in [0.2, 0.25) is 0 Å². The van der Waals surface area contributed by atoms with Crippen molar-refractivity contribution in [1.82, 2.24) is 21.2 Å². The summed E-state index contributed by atoms with van der Waals surface area (Å²) >= 11 is 5.09. The standard InChI is InChI=1S/C12H17N5O3S/c18-11(10-6-9(7-13-10)17(19)20)15-16-12(21)14-8-4-2-1-3-5-8/h6-8,13H,1-5H2,(H,15,18)(H2,14,16,21). The van der Waals surface area contributed by atoms with E-state index in [0.717, 1.165) is 25.1 Å². The van der Waals surface area contributed by atoms with E-state index < -0.39 is 10.8 Å². The quantitative estimate of drug-likeness (QED) is 0.381. The van der Waals surface area contributed by atoms with Crippen molar-refractivity contribution in [3.63, 3.8) is 0 Å². The molecule has 114 valence electrons. The molecule has 1 aliphatic rings. The van der Waals surface area contributed by atoms with E-state index in [1.807, 2.05) is 0 Å². The van der Waals surface area contributed by atoms with Gasteiger partial charge in [0.1, 0.15) is 5.69 Å². The van der Waals surface area contributed by atoms with Gasteiger partial charge in [-0.2, -0.15) is 0 Å². The molecule has 1 saturated carbocycles. The van der Waals surface area contributed by atoms with Crippen LogP contribution in [-0.4, -0.2) is 27.0 Å². The van der Waals surface area contributed by atoms with Gasteiger partial charge in [-0.25, -0.2) is 0 Å². The Bertz CT molecular complexity index is 539. The number of amides is 1. The second kappa shape index (κ2) is 7.02. The predicted molar refractivity (Wildman–Crippen MR) is 80.7 cm³/mol. The second-order valence-corrected chi connectivity index (χ2v) is 5.32. The van der Waals surface area contributed by atoms with E-state index in [1.165, 1.54) is 19.3 Å². The van der Waals surface area contributed by atoms with Gasteiger partial charge in [-0.3, -0.25) is 25.8 Å². The zero-order valence-electron chi connectivity index (χ0n) is 11.3. The Labute approximate surface area is 126 Å². The fourth-order valence-corrected chi connectivity index (χ4v) is 2.49. The van der Waals surface area contributed by atoms with E-state index >= 15 is 0 Å². The van der Waals surface area contributed by atoms with Gasteiger partial charge in [-0.05, 0) is 25.1 Å². The van der Waals surface area contributed by atoms with Gasteiger partial charge in [0.25, 0.3) is 11.6 Å². The summed E-state index contributed by atoms with van der Waals surface area (Å²) in [5, 5.41) is 14.0. The number of nitrogens with one attached hydrogen (secondary N) is 4. The number of aromatic amines is 1. The summed E-state index contributed by atoms with van der Waals surface area (Å²) in [7, 11) is 0. The summed E-state index contributed by atoms with van der Waals surface area (Å²) in [4.78, 5) is 24.3. The van der Waals surface area contributed by atoms with Crippen molar-refractivity contribution in [2.75, 3.05) is 0 Å². The molecule has 4 N–H and O–H groups in total. The molecule has 9 heteroatoms. The molecule has 0 atom stereocenters. The number of nitro groups is 1. The van der Waals surface area contributed by atoms with E-state index in [1.54, 1.807) is 0 Å². The lowest BCUT2D eigenvalue weighted by molar-refractivity contribution is -0.384. The number of hydrogen-bond acceptors (Lipinski definition) is 4. The molecule has 0 radical (unpaired) electrons. The summed E-state index contributed by atoms with van der Waals surface area (Å²) in [6.07, 6.45) is 6.91. The SMILES string of the molecule is O=C(NNC(=S)NC1CCCCC1)c1cc([N+](=O)[O-])c[nH]1.